The molecule has 0 aliphatic carbocycles. The van der Waals surface area contributed by atoms with Gasteiger partial charge in [-0.3, -0.25) is 0 Å². The summed E-state index contributed by atoms with van der Waals surface area (Å²) in [4.78, 5) is 0. The maximum atomic E-state index is 5.52. The highest BCUT2D eigenvalue weighted by Crippen LogP contribution is 2.16. The second kappa shape index (κ2) is 2.73. The average Bonchev–Trinajstić information content (AvgIpc) is 2.20. The van der Waals surface area contributed by atoms with Crippen LogP contribution in [0.2, 0.25) is 0 Å². The molecule has 0 radical (unpaired) electrons. The molecule has 0 saturated heterocycles. The van der Waals surface area contributed by atoms with Gasteiger partial charge in [0.1, 0.15) is 5.76 Å². The summed E-state index contributed by atoms with van der Waals surface area (Å²) in [5.41, 5.74) is 6.58. The molecule has 1 rings (SSSR count). The largest absolute Gasteiger partial charge is 0.381 e. The number of aryl methyl sites for hydroxylation is 1. The lowest BCUT2D eigenvalue weighted by molar-refractivity contribution is 0.398. The molecule has 0 saturated carbocycles. The minimum absolute atomic E-state index is 0.541. The quantitative estimate of drug-likeness (QED) is 0.677. The molecular weight excluding hydrogens is 128 g/mol. The Hall–Kier alpha value is -0.990. The lowest BCUT2D eigenvalue weighted by Gasteiger charge is -1.92. The van der Waals surface area contributed by atoms with E-state index in [0.717, 1.165) is 24.2 Å². The molecule has 0 atom stereocenters. The van der Waals surface area contributed by atoms with E-state index < -0.39 is 0 Å². The molecule has 10 heavy (non-hydrogen) atoms. The summed E-state index contributed by atoms with van der Waals surface area (Å²) in [6.07, 6.45) is 2.04. The van der Waals surface area contributed by atoms with Gasteiger partial charge < -0.3 is 10.3 Å². The number of rotatable bonds is 2. The lowest BCUT2D eigenvalue weighted by Crippen LogP contribution is -1.91. The standard InChI is InChI=1S/C7H12N2O/c1-3-4-6-5(2)10-9-7(6)8/h3-4H2,1-2H3,(H2,8,9). The molecular formula is C7H12N2O. The van der Waals surface area contributed by atoms with E-state index in [1.807, 2.05) is 6.92 Å². The van der Waals surface area contributed by atoms with Crippen molar-refractivity contribution < 1.29 is 4.52 Å². The summed E-state index contributed by atoms with van der Waals surface area (Å²) >= 11 is 0. The van der Waals surface area contributed by atoms with Crippen molar-refractivity contribution in [1.82, 2.24) is 5.16 Å². The van der Waals surface area contributed by atoms with Gasteiger partial charge in [0.2, 0.25) is 0 Å². The molecule has 0 fully saturated rings. The van der Waals surface area contributed by atoms with Gasteiger partial charge in [-0.1, -0.05) is 18.5 Å². The molecule has 2 N–H and O–H groups in total. The molecule has 0 aliphatic rings. The highest BCUT2D eigenvalue weighted by Gasteiger charge is 2.06. The molecule has 3 nitrogen and oxygen atoms in total. The summed E-state index contributed by atoms with van der Waals surface area (Å²) < 4.78 is 4.87. The van der Waals surface area contributed by atoms with E-state index in [1.165, 1.54) is 0 Å². The van der Waals surface area contributed by atoms with E-state index in [2.05, 4.69) is 12.1 Å². The number of nitrogen functional groups attached to an aromatic ring is 1. The molecule has 56 valence electrons. The zero-order chi connectivity index (χ0) is 7.56. The number of nitrogens with two attached hydrogens (primary N) is 1. The zero-order valence-electron chi connectivity index (χ0n) is 6.35. The fourth-order valence-corrected chi connectivity index (χ4v) is 0.962. The number of anilines is 1. The molecule has 0 unspecified atom stereocenters. The first-order valence-electron chi connectivity index (χ1n) is 3.46. The van der Waals surface area contributed by atoms with Crippen molar-refractivity contribution in [2.24, 2.45) is 0 Å². The van der Waals surface area contributed by atoms with Crippen LogP contribution in [0, 0.1) is 6.92 Å². The maximum absolute atomic E-state index is 5.52. The number of hydrogen-bond donors (Lipinski definition) is 1. The molecule has 3 heteroatoms. The fraction of sp³-hybridized carbons (Fsp3) is 0.571. The molecule has 0 spiro atoms. The zero-order valence-corrected chi connectivity index (χ0v) is 6.35. The van der Waals surface area contributed by atoms with Crippen molar-refractivity contribution in [2.45, 2.75) is 26.7 Å². The third kappa shape index (κ3) is 1.12. The van der Waals surface area contributed by atoms with Crippen LogP contribution in [0.1, 0.15) is 24.7 Å². The van der Waals surface area contributed by atoms with Gasteiger partial charge in [-0.15, -0.1) is 0 Å². The SMILES string of the molecule is CCCc1c(N)noc1C. The minimum atomic E-state index is 0.541. The molecule has 0 bridgehead atoms. The van der Waals surface area contributed by atoms with Gasteiger partial charge in [0.15, 0.2) is 5.82 Å². The van der Waals surface area contributed by atoms with Crippen molar-refractivity contribution in [2.75, 3.05) is 5.73 Å². The first kappa shape index (κ1) is 7.12. The lowest BCUT2D eigenvalue weighted by atomic mass is 10.1. The van der Waals surface area contributed by atoms with Crippen molar-refractivity contribution in [3.63, 3.8) is 0 Å². The van der Waals surface area contributed by atoms with Crippen LogP contribution in [0.15, 0.2) is 4.52 Å². The predicted molar refractivity (Wildman–Crippen MR) is 39.6 cm³/mol. The number of nitrogens with zero attached hydrogens (tertiary/aromatic N) is 1. The highest BCUT2D eigenvalue weighted by atomic mass is 16.5. The Kier molecular flexibility index (Phi) is 1.94. The van der Waals surface area contributed by atoms with Crippen LogP contribution in [0.25, 0.3) is 0 Å². The van der Waals surface area contributed by atoms with E-state index in [4.69, 9.17) is 10.3 Å². The average molecular weight is 140 g/mol. The van der Waals surface area contributed by atoms with Gasteiger partial charge in [0.05, 0.1) is 0 Å². The third-order valence-corrected chi connectivity index (χ3v) is 1.52. The van der Waals surface area contributed by atoms with Gasteiger partial charge in [0.25, 0.3) is 0 Å². The summed E-state index contributed by atoms with van der Waals surface area (Å²) in [5.74, 6) is 1.39. The van der Waals surface area contributed by atoms with Crippen molar-refractivity contribution in [3.05, 3.63) is 11.3 Å². The van der Waals surface area contributed by atoms with Crippen molar-refractivity contribution in [3.8, 4) is 0 Å². The van der Waals surface area contributed by atoms with Gasteiger partial charge >= 0.3 is 0 Å². The molecule has 1 aromatic heterocycles. The summed E-state index contributed by atoms with van der Waals surface area (Å²) in [6, 6.07) is 0. The topological polar surface area (TPSA) is 52.0 Å². The van der Waals surface area contributed by atoms with Crippen LogP contribution in [-0.2, 0) is 6.42 Å². The normalized spacial score (nSPS) is 10.2. The van der Waals surface area contributed by atoms with Gasteiger partial charge in [-0.05, 0) is 13.3 Å². The van der Waals surface area contributed by atoms with E-state index in [9.17, 15) is 0 Å². The Morgan fingerprint density at radius 1 is 1.60 bits per heavy atom. The summed E-state index contributed by atoms with van der Waals surface area (Å²) in [5, 5.41) is 3.64. The molecule has 0 aliphatic heterocycles. The second-order valence-corrected chi connectivity index (χ2v) is 2.35. The third-order valence-electron chi connectivity index (χ3n) is 1.52. The minimum Gasteiger partial charge on any atom is -0.381 e. The van der Waals surface area contributed by atoms with Gasteiger partial charge in [0, 0.05) is 5.56 Å². The van der Waals surface area contributed by atoms with Crippen LogP contribution in [-0.4, -0.2) is 5.16 Å². The van der Waals surface area contributed by atoms with E-state index in [-0.39, 0.29) is 0 Å². The molecule has 1 heterocycles. The first-order chi connectivity index (χ1) is 4.75. The predicted octanol–water partition coefficient (Wildman–Crippen LogP) is 1.52. The Morgan fingerprint density at radius 3 is 2.70 bits per heavy atom. The molecule has 0 amide bonds. The Labute approximate surface area is 60.2 Å². The van der Waals surface area contributed by atoms with Crippen LogP contribution < -0.4 is 5.73 Å². The van der Waals surface area contributed by atoms with Crippen LogP contribution in [0.5, 0.6) is 0 Å². The van der Waals surface area contributed by atoms with Gasteiger partial charge in [-0.25, -0.2) is 0 Å². The first-order valence-corrected chi connectivity index (χ1v) is 3.46. The second-order valence-electron chi connectivity index (χ2n) is 2.35. The molecule has 0 aromatic carbocycles. The monoisotopic (exact) mass is 140 g/mol. The van der Waals surface area contributed by atoms with E-state index in [0.29, 0.717) is 5.82 Å². The van der Waals surface area contributed by atoms with Crippen molar-refractivity contribution in [1.29, 1.82) is 0 Å². The maximum Gasteiger partial charge on any atom is 0.170 e. The van der Waals surface area contributed by atoms with Crippen LogP contribution in [0.4, 0.5) is 5.82 Å². The Morgan fingerprint density at radius 2 is 2.30 bits per heavy atom. The highest BCUT2D eigenvalue weighted by molar-refractivity contribution is 5.39. The van der Waals surface area contributed by atoms with Gasteiger partial charge in [-0.2, -0.15) is 0 Å². The van der Waals surface area contributed by atoms with Crippen LogP contribution in [0.3, 0.4) is 0 Å². The summed E-state index contributed by atoms with van der Waals surface area (Å²) in [6.45, 7) is 3.99. The van der Waals surface area contributed by atoms with E-state index in [1.54, 1.807) is 0 Å². The molecule has 1 aromatic rings. The number of aromatic nitrogens is 1. The van der Waals surface area contributed by atoms with Crippen LogP contribution >= 0.6 is 0 Å². The number of hydrogen-bond acceptors (Lipinski definition) is 3. The summed E-state index contributed by atoms with van der Waals surface area (Å²) in [7, 11) is 0. The van der Waals surface area contributed by atoms with Crippen molar-refractivity contribution >= 4 is 5.82 Å². The smallest absolute Gasteiger partial charge is 0.170 e. The fourth-order valence-electron chi connectivity index (χ4n) is 0.962. The Balaban J connectivity index is 2.87. The van der Waals surface area contributed by atoms with E-state index >= 15 is 0 Å². The Bertz CT molecular complexity index is 198.